The fourth-order valence-electron chi connectivity index (χ4n) is 3.70. The minimum Gasteiger partial charge on any atom is -0.469 e. The number of aryl methyl sites for hydroxylation is 1. The van der Waals surface area contributed by atoms with Gasteiger partial charge in [-0.25, -0.2) is 4.79 Å². The Kier molecular flexibility index (Phi) is 8.50. The van der Waals surface area contributed by atoms with E-state index >= 15 is 0 Å². The van der Waals surface area contributed by atoms with Crippen LogP contribution in [-0.2, 0) is 29.0 Å². The molecule has 0 spiro atoms. The maximum absolute atomic E-state index is 12.9. The summed E-state index contributed by atoms with van der Waals surface area (Å²) < 4.78 is 4.79. The van der Waals surface area contributed by atoms with Gasteiger partial charge < -0.3 is 15.0 Å². The largest absolute Gasteiger partial charge is 0.469 e. The number of urea groups is 1. The zero-order valence-corrected chi connectivity index (χ0v) is 20.0. The molecule has 0 unspecified atom stereocenters. The van der Waals surface area contributed by atoms with Crippen LogP contribution < -0.4 is 5.32 Å². The van der Waals surface area contributed by atoms with Crippen molar-refractivity contribution < 1.29 is 14.3 Å². The van der Waals surface area contributed by atoms with Gasteiger partial charge in [0.2, 0.25) is 0 Å². The van der Waals surface area contributed by atoms with E-state index in [1.54, 1.807) is 11.0 Å². The summed E-state index contributed by atoms with van der Waals surface area (Å²) in [4.78, 5) is 26.4. The predicted molar refractivity (Wildman–Crippen MR) is 132 cm³/mol. The maximum Gasteiger partial charge on any atom is 0.317 e. The van der Waals surface area contributed by atoms with Crippen molar-refractivity contribution >= 4 is 23.6 Å². The van der Waals surface area contributed by atoms with Gasteiger partial charge in [-0.3, -0.25) is 4.79 Å². The van der Waals surface area contributed by atoms with Crippen molar-refractivity contribution in [2.45, 2.75) is 33.4 Å². The molecule has 0 aliphatic heterocycles. The van der Waals surface area contributed by atoms with Crippen LogP contribution in [0.2, 0.25) is 5.02 Å². The smallest absolute Gasteiger partial charge is 0.317 e. The zero-order valence-electron chi connectivity index (χ0n) is 19.2. The van der Waals surface area contributed by atoms with Crippen molar-refractivity contribution in [3.05, 3.63) is 94.0 Å². The van der Waals surface area contributed by atoms with Crippen LogP contribution >= 0.6 is 11.6 Å². The second-order valence-electron chi connectivity index (χ2n) is 7.92. The Balaban J connectivity index is 1.84. The number of nitrogens with one attached hydrogen (secondary N) is 1. The molecule has 6 heteroatoms. The molecule has 0 bridgehead atoms. The number of hydrogen-bond donors (Lipinski definition) is 1. The first-order valence-electron chi connectivity index (χ1n) is 10.9. The molecule has 2 amide bonds. The molecule has 33 heavy (non-hydrogen) atoms. The number of carbonyl (C=O) groups excluding carboxylic acids is 2. The summed E-state index contributed by atoms with van der Waals surface area (Å²) in [6.45, 7) is 5.48. The average Bonchev–Trinajstić information content (AvgIpc) is 2.81. The lowest BCUT2D eigenvalue weighted by atomic mass is 9.95. The number of hydrogen-bond acceptors (Lipinski definition) is 3. The second kappa shape index (κ2) is 11.5. The molecular formula is C27H29ClN2O3. The Labute approximate surface area is 200 Å². The van der Waals surface area contributed by atoms with Crippen LogP contribution in [0.1, 0.15) is 29.2 Å². The number of nitrogens with zero attached hydrogens (tertiary/aromatic N) is 1. The van der Waals surface area contributed by atoms with Gasteiger partial charge in [0.05, 0.1) is 13.5 Å². The highest BCUT2D eigenvalue weighted by molar-refractivity contribution is 6.31. The van der Waals surface area contributed by atoms with Gasteiger partial charge in [-0.1, -0.05) is 71.8 Å². The number of benzene rings is 3. The van der Waals surface area contributed by atoms with Crippen LogP contribution in [0.15, 0.2) is 66.7 Å². The summed E-state index contributed by atoms with van der Waals surface area (Å²) in [5.74, 6) is -0.320. The Morgan fingerprint density at radius 2 is 1.76 bits per heavy atom. The maximum atomic E-state index is 12.9. The van der Waals surface area contributed by atoms with Crippen molar-refractivity contribution in [1.82, 2.24) is 10.2 Å². The fourth-order valence-corrected chi connectivity index (χ4v) is 3.96. The summed E-state index contributed by atoms with van der Waals surface area (Å²) in [6, 6.07) is 21.5. The SMILES string of the molecule is CCN(Cc1cc(C)ccc1-c1cc(Cl)cc(CC(=O)OC)c1)C(=O)NCc1ccccc1. The van der Waals surface area contributed by atoms with Crippen molar-refractivity contribution in [2.75, 3.05) is 13.7 Å². The van der Waals surface area contributed by atoms with Crippen LogP contribution in [-0.4, -0.2) is 30.6 Å². The van der Waals surface area contributed by atoms with Gasteiger partial charge in [0.15, 0.2) is 0 Å². The quantitative estimate of drug-likeness (QED) is 0.431. The Morgan fingerprint density at radius 3 is 2.45 bits per heavy atom. The number of rotatable bonds is 8. The first-order chi connectivity index (χ1) is 15.9. The van der Waals surface area contributed by atoms with Crippen molar-refractivity contribution in [3.8, 4) is 11.1 Å². The lowest BCUT2D eigenvalue weighted by Crippen LogP contribution is -2.39. The van der Waals surface area contributed by atoms with Crippen LogP contribution in [0.5, 0.6) is 0 Å². The summed E-state index contributed by atoms with van der Waals surface area (Å²) in [5, 5.41) is 3.55. The molecule has 0 saturated heterocycles. The number of esters is 1. The first-order valence-corrected chi connectivity index (χ1v) is 11.3. The van der Waals surface area contributed by atoms with Crippen LogP contribution in [0.4, 0.5) is 4.79 Å². The lowest BCUT2D eigenvalue weighted by Gasteiger charge is -2.23. The molecule has 1 N–H and O–H groups in total. The molecule has 0 heterocycles. The van der Waals surface area contributed by atoms with Crippen molar-refractivity contribution in [2.24, 2.45) is 0 Å². The third kappa shape index (κ3) is 6.83. The highest BCUT2D eigenvalue weighted by atomic mass is 35.5. The number of methoxy groups -OCH3 is 1. The molecule has 0 fully saturated rings. The first kappa shape index (κ1) is 24.3. The van der Waals surface area contributed by atoms with Gasteiger partial charge >= 0.3 is 12.0 Å². The molecule has 0 aromatic heterocycles. The number of carbonyl (C=O) groups is 2. The van der Waals surface area contributed by atoms with E-state index in [-0.39, 0.29) is 18.4 Å². The summed E-state index contributed by atoms with van der Waals surface area (Å²) in [5.41, 5.74) is 5.82. The van der Waals surface area contributed by atoms with E-state index in [1.807, 2.05) is 68.4 Å². The fraction of sp³-hybridized carbons (Fsp3) is 0.259. The Hall–Kier alpha value is -3.31. The van der Waals surface area contributed by atoms with Crippen molar-refractivity contribution in [1.29, 1.82) is 0 Å². The van der Waals surface area contributed by atoms with Crippen LogP contribution in [0, 0.1) is 6.92 Å². The molecule has 0 aliphatic rings. The van der Waals surface area contributed by atoms with E-state index in [0.717, 1.165) is 33.4 Å². The summed E-state index contributed by atoms with van der Waals surface area (Å²) in [7, 11) is 1.37. The third-order valence-corrected chi connectivity index (χ3v) is 5.64. The van der Waals surface area contributed by atoms with Crippen LogP contribution in [0.3, 0.4) is 0 Å². The molecule has 0 saturated carbocycles. The number of halogens is 1. The number of ether oxygens (including phenoxy) is 1. The average molecular weight is 465 g/mol. The van der Waals surface area contributed by atoms with Gasteiger partial charge in [-0.05, 0) is 53.8 Å². The molecular weight excluding hydrogens is 436 g/mol. The van der Waals surface area contributed by atoms with E-state index in [0.29, 0.717) is 24.7 Å². The lowest BCUT2D eigenvalue weighted by molar-refractivity contribution is -0.139. The van der Waals surface area contributed by atoms with E-state index in [1.165, 1.54) is 7.11 Å². The molecule has 0 aliphatic carbocycles. The zero-order chi connectivity index (χ0) is 23.8. The highest BCUT2D eigenvalue weighted by Gasteiger charge is 2.16. The standard InChI is InChI=1S/C27H29ClN2O3/c1-4-30(27(32)29-17-20-8-6-5-7-9-20)18-23-12-19(2)10-11-25(23)22-13-21(14-24(28)16-22)15-26(31)33-3/h5-14,16H,4,15,17-18H2,1-3H3,(H,29,32). The monoisotopic (exact) mass is 464 g/mol. The van der Waals surface area contributed by atoms with Crippen LogP contribution in [0.25, 0.3) is 11.1 Å². The minimum atomic E-state index is -0.320. The highest BCUT2D eigenvalue weighted by Crippen LogP contribution is 2.30. The molecule has 172 valence electrons. The van der Waals surface area contributed by atoms with E-state index < -0.39 is 0 Å². The van der Waals surface area contributed by atoms with Gasteiger partial charge in [0.1, 0.15) is 0 Å². The Morgan fingerprint density at radius 1 is 1.00 bits per heavy atom. The van der Waals surface area contributed by atoms with E-state index in [9.17, 15) is 9.59 Å². The van der Waals surface area contributed by atoms with Crippen molar-refractivity contribution in [3.63, 3.8) is 0 Å². The topological polar surface area (TPSA) is 58.6 Å². The normalized spacial score (nSPS) is 10.5. The molecule has 3 aromatic carbocycles. The molecule has 5 nitrogen and oxygen atoms in total. The van der Waals surface area contributed by atoms with Gasteiger partial charge in [-0.2, -0.15) is 0 Å². The summed E-state index contributed by atoms with van der Waals surface area (Å²) in [6.07, 6.45) is 0.147. The molecule has 0 atom stereocenters. The summed E-state index contributed by atoms with van der Waals surface area (Å²) >= 11 is 6.37. The van der Waals surface area contributed by atoms with Gasteiger partial charge in [-0.15, -0.1) is 0 Å². The third-order valence-electron chi connectivity index (χ3n) is 5.42. The Bertz CT molecular complexity index is 1120. The van der Waals surface area contributed by atoms with E-state index in [2.05, 4.69) is 11.4 Å². The molecule has 3 rings (SSSR count). The minimum absolute atomic E-state index is 0.119. The number of amides is 2. The van der Waals surface area contributed by atoms with E-state index in [4.69, 9.17) is 16.3 Å². The van der Waals surface area contributed by atoms with Gasteiger partial charge in [0, 0.05) is 24.7 Å². The molecule has 0 radical (unpaired) electrons. The second-order valence-corrected chi connectivity index (χ2v) is 8.36. The molecule has 3 aromatic rings. The predicted octanol–water partition coefficient (Wildman–Crippen LogP) is 5.76. The van der Waals surface area contributed by atoms with Gasteiger partial charge in [0.25, 0.3) is 0 Å².